The normalized spacial score (nSPS) is 15.2. The van der Waals surface area contributed by atoms with Gasteiger partial charge in [-0.15, -0.1) is 0 Å². The average Bonchev–Trinajstić information content (AvgIpc) is 2.74. The van der Waals surface area contributed by atoms with Gasteiger partial charge in [0.1, 0.15) is 5.82 Å². The Bertz CT molecular complexity index is 1000. The van der Waals surface area contributed by atoms with Crippen LogP contribution in [0.3, 0.4) is 0 Å². The Morgan fingerprint density at radius 2 is 1.93 bits per heavy atom. The first kappa shape index (κ1) is 22.0. The first-order chi connectivity index (χ1) is 14.4. The molecule has 8 nitrogen and oxygen atoms in total. The van der Waals surface area contributed by atoms with Crippen LogP contribution in [0.2, 0.25) is 0 Å². The van der Waals surface area contributed by atoms with E-state index in [1.165, 1.54) is 6.26 Å². The van der Waals surface area contributed by atoms with E-state index in [0.29, 0.717) is 37.2 Å². The minimum atomic E-state index is -3.21. The monoisotopic (exact) mass is 431 g/mol. The quantitative estimate of drug-likeness (QED) is 0.528. The molecule has 30 heavy (non-hydrogen) atoms. The number of pyridine rings is 1. The number of nitrogens with one attached hydrogen (secondary N) is 2. The summed E-state index contributed by atoms with van der Waals surface area (Å²) in [4.78, 5) is 11.4. The van der Waals surface area contributed by atoms with Crippen molar-refractivity contribution < 1.29 is 13.2 Å². The molecule has 0 bridgehead atoms. The molecular weight excluding hydrogens is 402 g/mol. The van der Waals surface area contributed by atoms with Crippen molar-refractivity contribution in [3.05, 3.63) is 53.2 Å². The van der Waals surface area contributed by atoms with Crippen LogP contribution >= 0.6 is 0 Å². The number of aromatic nitrogens is 1. The second kappa shape index (κ2) is 9.90. The molecule has 1 saturated heterocycles. The maximum atomic E-state index is 11.8. The van der Waals surface area contributed by atoms with Gasteiger partial charge in [0.25, 0.3) is 0 Å². The summed E-state index contributed by atoms with van der Waals surface area (Å²) in [6.07, 6.45) is 3.03. The Labute approximate surface area is 178 Å². The predicted octanol–water partition coefficient (Wildman–Crippen LogP) is 1.50. The van der Waals surface area contributed by atoms with Crippen LogP contribution in [0.5, 0.6) is 0 Å². The maximum absolute atomic E-state index is 11.8. The van der Waals surface area contributed by atoms with Crippen LogP contribution in [0.25, 0.3) is 0 Å². The molecule has 2 heterocycles. The number of sulfone groups is 1. The zero-order valence-corrected chi connectivity index (χ0v) is 18.5. The molecule has 0 radical (unpaired) electrons. The number of hydrogen-bond donors (Lipinski definition) is 2. The van der Waals surface area contributed by atoms with Gasteiger partial charge in [-0.3, -0.25) is 4.99 Å². The zero-order chi connectivity index (χ0) is 21.6. The lowest BCUT2D eigenvalue weighted by atomic mass is 10.1. The number of morpholine rings is 1. The molecule has 0 unspecified atom stereocenters. The molecular formula is C21H29N5O3S. The number of benzene rings is 1. The molecule has 0 saturated carbocycles. The van der Waals surface area contributed by atoms with Gasteiger partial charge in [0.15, 0.2) is 15.8 Å². The molecule has 1 aromatic heterocycles. The number of ether oxygens (including phenoxy) is 1. The summed E-state index contributed by atoms with van der Waals surface area (Å²) < 4.78 is 29.0. The Balaban J connectivity index is 1.60. The third-order valence-corrected chi connectivity index (χ3v) is 6.20. The fourth-order valence-electron chi connectivity index (χ4n) is 3.45. The van der Waals surface area contributed by atoms with Crippen LogP contribution in [0, 0.1) is 6.92 Å². The molecule has 0 atom stereocenters. The molecule has 2 aromatic rings. The molecule has 3 rings (SSSR count). The van der Waals surface area contributed by atoms with E-state index in [0.717, 1.165) is 35.6 Å². The standard InChI is InChI=1S/C21H29N5O3S/c1-16-13-17(6-7-19(16)30(3,27)28)14-24-21(22-2)25-15-18-5-4-8-23-20(18)26-9-11-29-12-10-26/h4-8,13H,9-12,14-15H2,1-3H3,(H2,22,24,25). The largest absolute Gasteiger partial charge is 0.378 e. The van der Waals surface area contributed by atoms with E-state index in [-0.39, 0.29) is 0 Å². The summed E-state index contributed by atoms with van der Waals surface area (Å²) in [6.45, 7) is 6.02. The van der Waals surface area contributed by atoms with Gasteiger partial charge in [0.2, 0.25) is 0 Å². The number of aryl methyl sites for hydroxylation is 1. The highest BCUT2D eigenvalue weighted by Crippen LogP contribution is 2.18. The number of guanidine groups is 1. The van der Waals surface area contributed by atoms with Gasteiger partial charge in [-0.05, 0) is 30.2 Å². The minimum absolute atomic E-state index is 0.362. The fourth-order valence-corrected chi connectivity index (χ4v) is 4.41. The van der Waals surface area contributed by atoms with Crippen molar-refractivity contribution in [2.45, 2.75) is 24.9 Å². The lowest BCUT2D eigenvalue weighted by Crippen LogP contribution is -2.39. The molecule has 1 aliphatic rings. The van der Waals surface area contributed by atoms with Crippen LogP contribution in [-0.2, 0) is 27.7 Å². The third kappa shape index (κ3) is 5.70. The van der Waals surface area contributed by atoms with Gasteiger partial charge in [-0.25, -0.2) is 13.4 Å². The fraction of sp³-hybridized carbons (Fsp3) is 0.429. The summed E-state index contributed by atoms with van der Waals surface area (Å²) in [5, 5.41) is 6.61. The van der Waals surface area contributed by atoms with E-state index in [4.69, 9.17) is 4.74 Å². The average molecular weight is 432 g/mol. The van der Waals surface area contributed by atoms with E-state index >= 15 is 0 Å². The van der Waals surface area contributed by atoms with E-state index in [9.17, 15) is 8.42 Å². The highest BCUT2D eigenvalue weighted by molar-refractivity contribution is 7.90. The zero-order valence-electron chi connectivity index (χ0n) is 17.7. The van der Waals surface area contributed by atoms with E-state index in [1.807, 2.05) is 31.3 Å². The van der Waals surface area contributed by atoms with Gasteiger partial charge in [-0.2, -0.15) is 0 Å². The van der Waals surface area contributed by atoms with Crippen molar-refractivity contribution in [3.63, 3.8) is 0 Å². The first-order valence-electron chi connectivity index (χ1n) is 9.89. The first-order valence-corrected chi connectivity index (χ1v) is 11.8. The number of nitrogens with zero attached hydrogens (tertiary/aromatic N) is 3. The van der Waals surface area contributed by atoms with Gasteiger partial charge >= 0.3 is 0 Å². The van der Waals surface area contributed by atoms with Crippen LogP contribution in [0.15, 0.2) is 46.4 Å². The van der Waals surface area contributed by atoms with Crippen molar-refractivity contribution in [1.82, 2.24) is 15.6 Å². The van der Waals surface area contributed by atoms with E-state index < -0.39 is 9.84 Å². The van der Waals surface area contributed by atoms with Gasteiger partial charge in [-0.1, -0.05) is 18.2 Å². The smallest absolute Gasteiger partial charge is 0.191 e. The molecule has 0 aliphatic carbocycles. The number of rotatable bonds is 6. The Kier molecular flexibility index (Phi) is 7.28. The topological polar surface area (TPSA) is 95.9 Å². The van der Waals surface area contributed by atoms with Crippen LogP contribution in [0.1, 0.15) is 16.7 Å². The lowest BCUT2D eigenvalue weighted by molar-refractivity contribution is 0.122. The highest BCUT2D eigenvalue weighted by Gasteiger charge is 2.16. The Hall–Kier alpha value is -2.65. The Morgan fingerprint density at radius 1 is 1.20 bits per heavy atom. The number of anilines is 1. The SMILES string of the molecule is CN=C(NCc1ccc(S(C)(=O)=O)c(C)c1)NCc1cccnc1N1CCOCC1. The lowest BCUT2D eigenvalue weighted by Gasteiger charge is -2.29. The van der Waals surface area contributed by atoms with Crippen molar-refractivity contribution in [2.24, 2.45) is 4.99 Å². The molecule has 1 aromatic carbocycles. The van der Waals surface area contributed by atoms with Gasteiger partial charge in [0, 0.05) is 51.2 Å². The van der Waals surface area contributed by atoms with Gasteiger partial charge < -0.3 is 20.3 Å². The number of aliphatic imine (C=N–C) groups is 1. The molecule has 9 heteroatoms. The highest BCUT2D eigenvalue weighted by atomic mass is 32.2. The summed E-state index contributed by atoms with van der Waals surface area (Å²) in [5.74, 6) is 1.63. The van der Waals surface area contributed by atoms with Crippen molar-refractivity contribution in [1.29, 1.82) is 0 Å². The predicted molar refractivity (Wildman–Crippen MR) is 119 cm³/mol. The third-order valence-electron chi connectivity index (χ3n) is 4.95. The summed E-state index contributed by atoms with van der Waals surface area (Å²) >= 11 is 0. The molecule has 1 aliphatic heterocycles. The molecule has 1 fully saturated rings. The van der Waals surface area contributed by atoms with Crippen molar-refractivity contribution in [2.75, 3.05) is 44.5 Å². The summed E-state index contributed by atoms with van der Waals surface area (Å²) in [7, 11) is -1.49. The minimum Gasteiger partial charge on any atom is -0.378 e. The van der Waals surface area contributed by atoms with Gasteiger partial charge in [0.05, 0.1) is 18.1 Å². The van der Waals surface area contributed by atoms with Crippen LogP contribution in [-0.4, -0.2) is 59.0 Å². The van der Waals surface area contributed by atoms with Crippen LogP contribution in [0.4, 0.5) is 5.82 Å². The second-order valence-corrected chi connectivity index (χ2v) is 9.22. The Morgan fingerprint density at radius 3 is 2.60 bits per heavy atom. The van der Waals surface area contributed by atoms with E-state index in [2.05, 4.69) is 31.6 Å². The number of hydrogen-bond acceptors (Lipinski definition) is 6. The van der Waals surface area contributed by atoms with Crippen LogP contribution < -0.4 is 15.5 Å². The molecule has 0 amide bonds. The molecule has 162 valence electrons. The summed E-state index contributed by atoms with van der Waals surface area (Å²) in [6, 6.07) is 9.35. The van der Waals surface area contributed by atoms with E-state index in [1.54, 1.807) is 13.1 Å². The summed E-state index contributed by atoms with van der Waals surface area (Å²) in [5.41, 5.74) is 2.82. The second-order valence-electron chi connectivity index (χ2n) is 7.24. The molecule has 0 spiro atoms. The maximum Gasteiger partial charge on any atom is 0.191 e. The van der Waals surface area contributed by atoms with Crippen molar-refractivity contribution in [3.8, 4) is 0 Å². The van der Waals surface area contributed by atoms with Crippen molar-refractivity contribution >= 4 is 21.6 Å². The molecule has 2 N–H and O–H groups in total.